The van der Waals surface area contributed by atoms with Crippen molar-refractivity contribution in [2.75, 3.05) is 0 Å². The van der Waals surface area contributed by atoms with Gasteiger partial charge in [0, 0.05) is 5.56 Å². The number of benzene rings is 2. The molecule has 0 spiro atoms. The third kappa shape index (κ3) is 4.24. The van der Waals surface area contributed by atoms with Gasteiger partial charge < -0.3 is 4.74 Å². The minimum atomic E-state index is -4.78. The molecule has 0 fully saturated rings. The normalized spacial score (nSPS) is 13.2. The Balaban J connectivity index is 2.37. The van der Waals surface area contributed by atoms with Crippen molar-refractivity contribution in [1.29, 1.82) is 5.26 Å². The standard InChI is InChI=1S/C17H11F6NO/c1-10(13-4-2-3-5-14(13)16(18,19)20)25-12-7-6-11(9-24)15(8-12)17(21,22)23/h2-8,10H,1H3. The molecule has 8 heteroatoms. The Morgan fingerprint density at radius 2 is 1.52 bits per heavy atom. The molecule has 0 aliphatic carbocycles. The zero-order valence-corrected chi connectivity index (χ0v) is 12.7. The molecular weight excluding hydrogens is 348 g/mol. The van der Waals surface area contributed by atoms with Crippen molar-refractivity contribution in [1.82, 2.24) is 0 Å². The molecule has 1 atom stereocenters. The van der Waals surface area contributed by atoms with E-state index in [1.807, 2.05) is 0 Å². The lowest BCUT2D eigenvalue weighted by atomic mass is 10.0. The fourth-order valence-corrected chi connectivity index (χ4v) is 2.31. The molecule has 0 heterocycles. The molecule has 2 aromatic rings. The van der Waals surface area contributed by atoms with Crippen molar-refractivity contribution in [2.45, 2.75) is 25.4 Å². The summed E-state index contributed by atoms with van der Waals surface area (Å²) in [4.78, 5) is 0. The molecule has 2 nitrogen and oxygen atoms in total. The van der Waals surface area contributed by atoms with Gasteiger partial charge in [0.1, 0.15) is 11.9 Å². The van der Waals surface area contributed by atoms with Crippen LogP contribution >= 0.6 is 0 Å². The van der Waals surface area contributed by atoms with Crippen LogP contribution in [0.5, 0.6) is 5.75 Å². The number of ether oxygens (including phenoxy) is 1. The van der Waals surface area contributed by atoms with Crippen LogP contribution in [0, 0.1) is 11.3 Å². The van der Waals surface area contributed by atoms with Crippen LogP contribution in [0.4, 0.5) is 26.3 Å². The molecule has 0 aromatic heterocycles. The van der Waals surface area contributed by atoms with Crippen LogP contribution in [-0.4, -0.2) is 0 Å². The number of halogens is 6. The molecule has 0 N–H and O–H groups in total. The van der Waals surface area contributed by atoms with E-state index < -0.39 is 35.1 Å². The molecule has 0 aliphatic heterocycles. The van der Waals surface area contributed by atoms with E-state index in [4.69, 9.17) is 10.00 Å². The highest BCUT2D eigenvalue weighted by Crippen LogP contribution is 2.38. The fourth-order valence-electron chi connectivity index (χ4n) is 2.31. The molecule has 0 saturated heterocycles. The first-order valence-corrected chi connectivity index (χ1v) is 6.98. The maximum atomic E-state index is 13.0. The smallest absolute Gasteiger partial charge is 0.417 e. The predicted molar refractivity (Wildman–Crippen MR) is 76.6 cm³/mol. The Hall–Kier alpha value is -2.69. The summed E-state index contributed by atoms with van der Waals surface area (Å²) in [7, 11) is 0. The predicted octanol–water partition coefficient (Wildman–Crippen LogP) is 5.74. The lowest BCUT2D eigenvalue weighted by Crippen LogP contribution is -2.14. The molecule has 0 bridgehead atoms. The van der Waals surface area contributed by atoms with Crippen molar-refractivity contribution >= 4 is 0 Å². The van der Waals surface area contributed by atoms with E-state index in [0.29, 0.717) is 6.07 Å². The molecule has 0 amide bonds. The highest BCUT2D eigenvalue weighted by molar-refractivity contribution is 5.44. The van der Waals surface area contributed by atoms with Gasteiger partial charge in [-0.1, -0.05) is 18.2 Å². The zero-order valence-electron chi connectivity index (χ0n) is 12.7. The minimum Gasteiger partial charge on any atom is -0.486 e. The molecule has 0 radical (unpaired) electrons. The molecule has 2 aromatic carbocycles. The lowest BCUT2D eigenvalue weighted by Gasteiger charge is -2.20. The minimum absolute atomic E-state index is 0.201. The third-order valence-corrected chi connectivity index (χ3v) is 3.43. The van der Waals surface area contributed by atoms with Crippen molar-refractivity contribution in [3.8, 4) is 11.8 Å². The van der Waals surface area contributed by atoms with Crippen LogP contribution < -0.4 is 4.74 Å². The summed E-state index contributed by atoms with van der Waals surface area (Å²) in [5, 5.41) is 8.74. The van der Waals surface area contributed by atoms with Crippen molar-refractivity contribution < 1.29 is 31.1 Å². The Bertz CT molecular complexity index is 804. The Kier molecular flexibility index (Phi) is 4.97. The molecule has 0 saturated carbocycles. The van der Waals surface area contributed by atoms with Gasteiger partial charge in [-0.3, -0.25) is 0 Å². The summed E-state index contributed by atoms with van der Waals surface area (Å²) >= 11 is 0. The van der Waals surface area contributed by atoms with E-state index >= 15 is 0 Å². The molecule has 25 heavy (non-hydrogen) atoms. The van der Waals surface area contributed by atoms with E-state index in [1.54, 1.807) is 0 Å². The quantitative estimate of drug-likeness (QED) is 0.655. The number of hydrogen-bond acceptors (Lipinski definition) is 2. The zero-order chi connectivity index (χ0) is 18.8. The fraction of sp³-hybridized carbons (Fsp3) is 0.235. The number of alkyl halides is 6. The van der Waals surface area contributed by atoms with Crippen LogP contribution in [0.15, 0.2) is 42.5 Å². The average Bonchev–Trinajstić information content (AvgIpc) is 2.53. The van der Waals surface area contributed by atoms with E-state index in [1.165, 1.54) is 31.2 Å². The average molecular weight is 359 g/mol. The Morgan fingerprint density at radius 1 is 0.920 bits per heavy atom. The third-order valence-electron chi connectivity index (χ3n) is 3.43. The van der Waals surface area contributed by atoms with Crippen LogP contribution in [-0.2, 0) is 12.4 Å². The van der Waals surface area contributed by atoms with Crippen molar-refractivity contribution in [3.63, 3.8) is 0 Å². The second-order valence-corrected chi connectivity index (χ2v) is 5.16. The summed E-state index contributed by atoms with van der Waals surface area (Å²) < 4.78 is 83.2. The molecular formula is C17H11F6NO. The molecule has 2 rings (SSSR count). The van der Waals surface area contributed by atoms with Gasteiger partial charge in [0.25, 0.3) is 0 Å². The topological polar surface area (TPSA) is 33.0 Å². The highest BCUT2D eigenvalue weighted by atomic mass is 19.4. The van der Waals surface area contributed by atoms with Crippen LogP contribution in [0.3, 0.4) is 0 Å². The first kappa shape index (κ1) is 18.6. The number of nitriles is 1. The van der Waals surface area contributed by atoms with Gasteiger partial charge in [-0.15, -0.1) is 0 Å². The summed E-state index contributed by atoms with van der Waals surface area (Å²) in [6, 6.07) is 8.71. The lowest BCUT2D eigenvalue weighted by molar-refractivity contribution is -0.139. The monoisotopic (exact) mass is 359 g/mol. The summed E-state index contributed by atoms with van der Waals surface area (Å²) in [5.41, 5.74) is -2.92. The molecule has 132 valence electrons. The summed E-state index contributed by atoms with van der Waals surface area (Å²) in [6.07, 6.45) is -10.5. The van der Waals surface area contributed by atoms with Gasteiger partial charge in [0.05, 0.1) is 22.8 Å². The van der Waals surface area contributed by atoms with E-state index in [-0.39, 0.29) is 11.3 Å². The van der Waals surface area contributed by atoms with E-state index in [2.05, 4.69) is 0 Å². The number of hydrogen-bond donors (Lipinski definition) is 0. The molecule has 0 aliphatic rings. The largest absolute Gasteiger partial charge is 0.486 e. The van der Waals surface area contributed by atoms with Crippen molar-refractivity contribution in [2.24, 2.45) is 0 Å². The highest BCUT2D eigenvalue weighted by Gasteiger charge is 2.36. The second kappa shape index (κ2) is 6.67. The van der Waals surface area contributed by atoms with Gasteiger partial charge in [0.2, 0.25) is 0 Å². The summed E-state index contributed by atoms with van der Waals surface area (Å²) in [5.74, 6) is -0.282. The Morgan fingerprint density at radius 3 is 2.08 bits per heavy atom. The van der Waals surface area contributed by atoms with E-state index in [9.17, 15) is 26.3 Å². The second-order valence-electron chi connectivity index (χ2n) is 5.16. The first-order chi connectivity index (χ1) is 11.5. The number of nitrogens with zero attached hydrogens (tertiary/aromatic N) is 1. The van der Waals surface area contributed by atoms with Crippen LogP contribution in [0.2, 0.25) is 0 Å². The van der Waals surface area contributed by atoms with E-state index in [0.717, 1.165) is 18.2 Å². The van der Waals surface area contributed by atoms with Gasteiger partial charge in [-0.25, -0.2) is 0 Å². The van der Waals surface area contributed by atoms with Gasteiger partial charge in [-0.05, 0) is 31.2 Å². The first-order valence-electron chi connectivity index (χ1n) is 6.98. The number of rotatable bonds is 3. The van der Waals surface area contributed by atoms with Gasteiger partial charge in [0.15, 0.2) is 0 Å². The van der Waals surface area contributed by atoms with Gasteiger partial charge >= 0.3 is 12.4 Å². The SMILES string of the molecule is CC(Oc1ccc(C#N)c(C(F)(F)F)c1)c1ccccc1C(F)(F)F. The maximum Gasteiger partial charge on any atom is 0.417 e. The Labute approximate surface area is 139 Å². The van der Waals surface area contributed by atoms with Crippen LogP contribution in [0.25, 0.3) is 0 Å². The maximum absolute atomic E-state index is 13.0. The van der Waals surface area contributed by atoms with Gasteiger partial charge in [-0.2, -0.15) is 31.6 Å². The van der Waals surface area contributed by atoms with Crippen molar-refractivity contribution in [3.05, 3.63) is 64.7 Å². The summed E-state index contributed by atoms with van der Waals surface area (Å²) in [6.45, 7) is 1.30. The molecule has 1 unspecified atom stereocenters. The van der Waals surface area contributed by atoms with Crippen LogP contribution in [0.1, 0.15) is 35.3 Å².